The lowest BCUT2D eigenvalue weighted by Crippen LogP contribution is -2.26. The first-order chi connectivity index (χ1) is 8.23. The smallest absolute Gasteiger partial charge is 0.147 e. The summed E-state index contributed by atoms with van der Waals surface area (Å²) < 4.78 is 1.15. The van der Waals surface area contributed by atoms with Crippen molar-refractivity contribution in [1.82, 2.24) is 4.98 Å². The molecule has 0 aliphatic heterocycles. The predicted molar refractivity (Wildman–Crippen MR) is 69.1 cm³/mol. The highest BCUT2D eigenvalue weighted by molar-refractivity contribution is 7.18. The number of nitrogens with zero attached hydrogens (tertiary/aromatic N) is 1. The third-order valence-corrected chi connectivity index (χ3v) is 4.52. The first kappa shape index (κ1) is 10.9. The van der Waals surface area contributed by atoms with Gasteiger partial charge in [-0.2, -0.15) is 0 Å². The maximum Gasteiger partial charge on any atom is 0.147 e. The highest BCUT2D eigenvalue weighted by atomic mass is 32.1. The number of nitrogens with two attached hydrogens (primary N) is 1. The topological polar surface area (TPSA) is 56.0 Å². The van der Waals surface area contributed by atoms with Crippen molar-refractivity contribution in [3.63, 3.8) is 0 Å². The van der Waals surface area contributed by atoms with E-state index < -0.39 is 0 Å². The number of Topliss-reactive ketones (excluding diaryl/α,β-unsaturated/α-hetero) is 1. The fraction of sp³-hybridized carbons (Fsp3) is 0.385. The Hall–Kier alpha value is -1.26. The van der Waals surface area contributed by atoms with Gasteiger partial charge in [0.05, 0.1) is 16.6 Å². The number of aromatic nitrogens is 1. The summed E-state index contributed by atoms with van der Waals surface area (Å²) >= 11 is 1.61. The molecule has 4 heteroatoms. The average molecular weight is 246 g/mol. The number of hydrogen-bond donors (Lipinski definition) is 1. The molecule has 0 amide bonds. The second-order valence-corrected chi connectivity index (χ2v) is 5.77. The van der Waals surface area contributed by atoms with Crippen LogP contribution >= 0.6 is 11.3 Å². The van der Waals surface area contributed by atoms with E-state index in [2.05, 4.69) is 4.98 Å². The van der Waals surface area contributed by atoms with Crippen molar-refractivity contribution in [3.8, 4) is 0 Å². The molecule has 17 heavy (non-hydrogen) atoms. The molecule has 0 unspecified atom stereocenters. The van der Waals surface area contributed by atoms with E-state index in [4.69, 9.17) is 5.73 Å². The molecule has 88 valence electrons. The molecule has 0 spiro atoms. The van der Waals surface area contributed by atoms with E-state index in [1.54, 1.807) is 11.3 Å². The van der Waals surface area contributed by atoms with E-state index in [-0.39, 0.29) is 11.2 Å². The molecule has 2 aromatic rings. The van der Waals surface area contributed by atoms with Crippen molar-refractivity contribution >= 4 is 27.3 Å². The predicted octanol–water partition coefficient (Wildman–Crippen LogP) is 2.15. The molecule has 0 radical (unpaired) electrons. The average Bonchev–Trinajstić information content (AvgIpc) is 3.04. The maximum absolute atomic E-state index is 12.1. The molecule has 0 saturated heterocycles. The van der Waals surface area contributed by atoms with E-state index >= 15 is 0 Å². The monoisotopic (exact) mass is 246 g/mol. The van der Waals surface area contributed by atoms with Gasteiger partial charge in [0, 0.05) is 12.0 Å². The van der Waals surface area contributed by atoms with Crippen LogP contribution in [0.1, 0.15) is 17.8 Å². The fourth-order valence-corrected chi connectivity index (χ4v) is 3.03. The van der Waals surface area contributed by atoms with Gasteiger partial charge in [0.15, 0.2) is 0 Å². The van der Waals surface area contributed by atoms with Crippen LogP contribution in [-0.4, -0.2) is 17.3 Å². The Morgan fingerprint density at radius 3 is 2.82 bits per heavy atom. The van der Waals surface area contributed by atoms with Gasteiger partial charge < -0.3 is 5.73 Å². The number of ketones is 1. The van der Waals surface area contributed by atoms with Gasteiger partial charge in [0.25, 0.3) is 0 Å². The lowest BCUT2D eigenvalue weighted by molar-refractivity contribution is -0.123. The lowest BCUT2D eigenvalue weighted by Gasteiger charge is -2.08. The van der Waals surface area contributed by atoms with Gasteiger partial charge in [-0.1, -0.05) is 12.1 Å². The molecular weight excluding hydrogens is 232 g/mol. The van der Waals surface area contributed by atoms with E-state index in [1.165, 1.54) is 0 Å². The molecule has 3 nitrogen and oxygen atoms in total. The summed E-state index contributed by atoms with van der Waals surface area (Å²) in [7, 11) is 0. The Bertz CT molecular complexity index is 539. The van der Waals surface area contributed by atoms with Crippen molar-refractivity contribution < 1.29 is 4.79 Å². The van der Waals surface area contributed by atoms with Crippen molar-refractivity contribution in [3.05, 3.63) is 29.3 Å². The van der Waals surface area contributed by atoms with Crippen LogP contribution in [-0.2, 0) is 11.2 Å². The van der Waals surface area contributed by atoms with Gasteiger partial charge in [-0.05, 0) is 25.0 Å². The number of fused-ring (bicyclic) bond motifs is 1. The summed E-state index contributed by atoms with van der Waals surface area (Å²) in [5.41, 5.74) is 6.43. The third kappa shape index (κ3) is 1.87. The Labute approximate surface area is 104 Å². The highest BCUT2D eigenvalue weighted by Gasteiger charge is 2.47. The molecule has 1 aromatic heterocycles. The molecule has 1 saturated carbocycles. The SMILES string of the molecule is NCC1(C(=O)Cc2nc3ccccc3s2)CC1. The van der Waals surface area contributed by atoms with Gasteiger partial charge in [-0.15, -0.1) is 11.3 Å². The molecule has 1 heterocycles. The second kappa shape index (κ2) is 3.89. The number of para-hydroxylation sites is 1. The van der Waals surface area contributed by atoms with Gasteiger partial charge in [0.2, 0.25) is 0 Å². The minimum absolute atomic E-state index is 0.210. The van der Waals surface area contributed by atoms with Crippen LogP contribution in [0.5, 0.6) is 0 Å². The summed E-state index contributed by atoms with van der Waals surface area (Å²) in [6.45, 7) is 0.483. The van der Waals surface area contributed by atoms with Crippen molar-refractivity contribution in [1.29, 1.82) is 0 Å². The molecule has 1 aromatic carbocycles. The lowest BCUT2D eigenvalue weighted by atomic mass is 9.99. The normalized spacial score (nSPS) is 17.2. The van der Waals surface area contributed by atoms with Crippen LogP contribution in [0, 0.1) is 5.41 Å². The molecule has 1 fully saturated rings. The van der Waals surface area contributed by atoms with Crippen LogP contribution in [0.25, 0.3) is 10.2 Å². The standard InChI is InChI=1S/C13H14N2OS/c14-8-13(5-6-13)11(16)7-12-15-9-3-1-2-4-10(9)17-12/h1-4H,5-8,14H2. The Kier molecular flexibility index (Phi) is 2.49. The fourth-order valence-electron chi connectivity index (χ4n) is 2.07. The number of rotatable bonds is 4. The number of carbonyl (C=O) groups excluding carboxylic acids is 1. The Balaban J connectivity index is 1.83. The van der Waals surface area contributed by atoms with Crippen molar-refractivity contribution in [2.24, 2.45) is 11.1 Å². The van der Waals surface area contributed by atoms with E-state index in [0.717, 1.165) is 28.1 Å². The molecule has 2 N–H and O–H groups in total. The molecule has 1 aliphatic rings. The zero-order valence-electron chi connectivity index (χ0n) is 9.48. The summed E-state index contributed by atoms with van der Waals surface area (Å²) in [6, 6.07) is 7.98. The number of benzene rings is 1. The van der Waals surface area contributed by atoms with Crippen LogP contribution in [0.15, 0.2) is 24.3 Å². The Morgan fingerprint density at radius 2 is 2.18 bits per heavy atom. The van der Waals surface area contributed by atoms with Gasteiger partial charge in [0.1, 0.15) is 10.8 Å². The van der Waals surface area contributed by atoms with Crippen LogP contribution in [0.4, 0.5) is 0 Å². The molecular formula is C13H14N2OS. The zero-order valence-corrected chi connectivity index (χ0v) is 10.3. The van der Waals surface area contributed by atoms with Gasteiger partial charge >= 0.3 is 0 Å². The second-order valence-electron chi connectivity index (χ2n) is 4.66. The molecule has 3 rings (SSSR count). The summed E-state index contributed by atoms with van der Waals surface area (Å²) in [6.07, 6.45) is 2.34. The summed E-state index contributed by atoms with van der Waals surface area (Å²) in [5, 5.41) is 0.913. The quantitative estimate of drug-likeness (QED) is 0.899. The number of hydrogen-bond acceptors (Lipinski definition) is 4. The third-order valence-electron chi connectivity index (χ3n) is 3.49. The van der Waals surface area contributed by atoms with Crippen LogP contribution in [0.2, 0.25) is 0 Å². The minimum Gasteiger partial charge on any atom is -0.329 e. The van der Waals surface area contributed by atoms with Crippen molar-refractivity contribution in [2.75, 3.05) is 6.54 Å². The maximum atomic E-state index is 12.1. The van der Waals surface area contributed by atoms with Crippen LogP contribution < -0.4 is 5.73 Å². The van der Waals surface area contributed by atoms with Gasteiger partial charge in [-0.25, -0.2) is 4.98 Å². The van der Waals surface area contributed by atoms with Gasteiger partial charge in [-0.3, -0.25) is 4.79 Å². The number of carbonyl (C=O) groups is 1. The molecule has 0 atom stereocenters. The van der Waals surface area contributed by atoms with Crippen molar-refractivity contribution in [2.45, 2.75) is 19.3 Å². The summed E-state index contributed by atoms with van der Waals surface area (Å²) in [5.74, 6) is 0.263. The van der Waals surface area contributed by atoms with E-state index in [0.29, 0.717) is 13.0 Å². The van der Waals surface area contributed by atoms with E-state index in [1.807, 2.05) is 24.3 Å². The largest absolute Gasteiger partial charge is 0.329 e. The zero-order chi connectivity index (χ0) is 11.9. The number of thiazole rings is 1. The highest BCUT2D eigenvalue weighted by Crippen LogP contribution is 2.46. The Morgan fingerprint density at radius 1 is 1.41 bits per heavy atom. The first-order valence-electron chi connectivity index (χ1n) is 5.81. The molecule has 1 aliphatic carbocycles. The minimum atomic E-state index is -0.210. The first-order valence-corrected chi connectivity index (χ1v) is 6.63. The summed E-state index contributed by atoms with van der Waals surface area (Å²) in [4.78, 5) is 16.6. The molecule has 0 bridgehead atoms. The van der Waals surface area contributed by atoms with E-state index in [9.17, 15) is 4.79 Å². The van der Waals surface area contributed by atoms with Crippen LogP contribution in [0.3, 0.4) is 0 Å².